The molecule has 0 saturated heterocycles. The molecular weight excluding hydrogens is 328 g/mol. The highest BCUT2D eigenvalue weighted by Crippen LogP contribution is 2.27. The van der Waals surface area contributed by atoms with Crippen LogP contribution in [0.15, 0.2) is 24.3 Å². The third-order valence-electron chi connectivity index (χ3n) is 4.80. The number of benzene rings is 1. The van der Waals surface area contributed by atoms with Crippen molar-refractivity contribution in [1.29, 1.82) is 0 Å². The number of esters is 1. The lowest BCUT2D eigenvalue weighted by Gasteiger charge is -2.20. The molecule has 1 aliphatic carbocycles. The molecule has 0 aliphatic heterocycles. The minimum absolute atomic E-state index is 0.0241. The summed E-state index contributed by atoms with van der Waals surface area (Å²) in [7, 11) is 0. The van der Waals surface area contributed by atoms with Crippen LogP contribution < -0.4 is 0 Å². The minimum Gasteiger partial charge on any atom is -0.478 e. The van der Waals surface area contributed by atoms with E-state index in [4.69, 9.17) is 9.84 Å². The van der Waals surface area contributed by atoms with Crippen LogP contribution in [0.1, 0.15) is 98.8 Å². The van der Waals surface area contributed by atoms with E-state index in [0.29, 0.717) is 6.61 Å². The Morgan fingerprint density at radius 3 is 2.19 bits per heavy atom. The Balaban J connectivity index is 0.000000289. The van der Waals surface area contributed by atoms with Crippen molar-refractivity contribution in [2.24, 2.45) is 5.92 Å². The first-order chi connectivity index (χ1) is 12.6. The van der Waals surface area contributed by atoms with Crippen LogP contribution in [0.4, 0.5) is 0 Å². The van der Waals surface area contributed by atoms with E-state index in [2.05, 4.69) is 6.92 Å². The van der Waals surface area contributed by atoms with Crippen molar-refractivity contribution in [2.45, 2.75) is 78.1 Å². The maximum absolute atomic E-state index is 11.6. The molecule has 4 heteroatoms. The summed E-state index contributed by atoms with van der Waals surface area (Å²) in [5.41, 5.74) is 0.0788. The maximum Gasteiger partial charge on any atom is 0.339 e. The molecule has 4 nitrogen and oxygen atoms in total. The molecule has 0 aromatic heterocycles. The van der Waals surface area contributed by atoms with Crippen LogP contribution >= 0.6 is 0 Å². The van der Waals surface area contributed by atoms with E-state index in [1.54, 1.807) is 12.1 Å². The average Bonchev–Trinajstić information content (AvgIpc) is 2.67. The van der Waals surface area contributed by atoms with Crippen LogP contribution in [0.5, 0.6) is 0 Å². The Hall–Kier alpha value is -1.84. The van der Waals surface area contributed by atoms with Crippen LogP contribution in [-0.4, -0.2) is 23.7 Å². The summed E-state index contributed by atoms with van der Waals surface area (Å²) in [6.45, 7) is 4.60. The first-order valence-electron chi connectivity index (χ1n) is 10.1. The number of carbonyl (C=O) groups excluding carboxylic acids is 1. The molecule has 1 saturated carbocycles. The zero-order valence-corrected chi connectivity index (χ0v) is 16.3. The van der Waals surface area contributed by atoms with Crippen molar-refractivity contribution in [3.8, 4) is 0 Å². The molecule has 0 bridgehead atoms. The van der Waals surface area contributed by atoms with Crippen molar-refractivity contribution >= 4 is 11.9 Å². The predicted molar refractivity (Wildman–Crippen MR) is 105 cm³/mol. The second-order valence-electron chi connectivity index (χ2n) is 6.99. The fourth-order valence-corrected chi connectivity index (χ4v) is 3.20. The first kappa shape index (κ1) is 22.2. The fraction of sp³-hybridized carbons (Fsp3) is 0.636. The van der Waals surface area contributed by atoms with Gasteiger partial charge in [0.1, 0.15) is 0 Å². The molecule has 2 rings (SSSR count). The highest BCUT2D eigenvalue weighted by Gasteiger charge is 2.16. The smallest absolute Gasteiger partial charge is 0.339 e. The first-order valence-corrected chi connectivity index (χ1v) is 10.1. The molecular formula is C22H34O4. The number of hydrogen-bond acceptors (Lipinski definition) is 3. The van der Waals surface area contributed by atoms with E-state index in [-0.39, 0.29) is 11.1 Å². The van der Waals surface area contributed by atoms with Gasteiger partial charge in [-0.25, -0.2) is 9.59 Å². The molecule has 0 spiro atoms. The second kappa shape index (κ2) is 13.4. The summed E-state index contributed by atoms with van der Waals surface area (Å²) in [6, 6.07) is 6.03. The van der Waals surface area contributed by atoms with Crippen molar-refractivity contribution in [3.63, 3.8) is 0 Å². The van der Waals surface area contributed by atoms with E-state index in [1.165, 1.54) is 63.5 Å². The molecule has 1 aliphatic rings. The van der Waals surface area contributed by atoms with Gasteiger partial charge in [0.05, 0.1) is 17.7 Å². The van der Waals surface area contributed by atoms with Gasteiger partial charge < -0.3 is 9.84 Å². The number of carboxylic acids is 1. The molecule has 26 heavy (non-hydrogen) atoms. The van der Waals surface area contributed by atoms with E-state index < -0.39 is 11.9 Å². The van der Waals surface area contributed by atoms with Gasteiger partial charge in [0.25, 0.3) is 0 Å². The lowest BCUT2D eigenvalue weighted by molar-refractivity contribution is 0.0489. The molecule has 0 unspecified atom stereocenters. The summed E-state index contributed by atoms with van der Waals surface area (Å²) in [6.07, 6.45) is 13.6. The van der Waals surface area contributed by atoms with E-state index in [0.717, 1.165) is 18.8 Å². The number of ether oxygens (including phenoxy) is 1. The number of hydrogen-bond donors (Lipinski definition) is 1. The van der Waals surface area contributed by atoms with Gasteiger partial charge in [0.15, 0.2) is 0 Å². The van der Waals surface area contributed by atoms with Gasteiger partial charge in [-0.15, -0.1) is 0 Å². The second-order valence-corrected chi connectivity index (χ2v) is 6.99. The SMILES string of the molecule is CCCCC1CCCCC1.CCCCOC(=O)c1ccccc1C(=O)O. The Labute approximate surface area is 158 Å². The Morgan fingerprint density at radius 2 is 1.62 bits per heavy atom. The topological polar surface area (TPSA) is 63.6 Å². The van der Waals surface area contributed by atoms with E-state index in [9.17, 15) is 9.59 Å². The number of unbranched alkanes of at least 4 members (excludes halogenated alkanes) is 2. The summed E-state index contributed by atoms with van der Waals surface area (Å²) in [5.74, 6) is -0.594. The number of aromatic carboxylic acids is 1. The van der Waals surface area contributed by atoms with Crippen LogP contribution in [-0.2, 0) is 4.74 Å². The quantitative estimate of drug-likeness (QED) is 0.448. The fourth-order valence-electron chi connectivity index (χ4n) is 3.20. The Bertz CT molecular complexity index is 533. The van der Waals surface area contributed by atoms with Gasteiger partial charge in [0, 0.05) is 0 Å². The normalized spacial score (nSPS) is 14.2. The number of carboxylic acid groups (broad SMARTS) is 1. The molecule has 0 heterocycles. The molecule has 1 N–H and O–H groups in total. The Kier molecular flexibility index (Phi) is 11.4. The van der Waals surface area contributed by atoms with Gasteiger partial charge in [-0.3, -0.25) is 0 Å². The molecule has 1 aromatic carbocycles. The van der Waals surface area contributed by atoms with Crippen LogP contribution in [0.25, 0.3) is 0 Å². The summed E-state index contributed by atoms with van der Waals surface area (Å²) in [5, 5.41) is 8.88. The Morgan fingerprint density at radius 1 is 1.00 bits per heavy atom. The third-order valence-corrected chi connectivity index (χ3v) is 4.80. The van der Waals surface area contributed by atoms with E-state index >= 15 is 0 Å². The summed E-state index contributed by atoms with van der Waals surface area (Å²) >= 11 is 0. The molecule has 146 valence electrons. The van der Waals surface area contributed by atoms with Gasteiger partial charge in [-0.1, -0.05) is 83.8 Å². The molecule has 0 radical (unpaired) electrons. The lowest BCUT2D eigenvalue weighted by atomic mass is 9.86. The zero-order valence-electron chi connectivity index (χ0n) is 16.3. The molecule has 0 amide bonds. The number of rotatable bonds is 8. The standard InChI is InChI=1S/C12H14O4.C10H20/c1-2-3-8-16-12(15)10-7-5-4-6-9(10)11(13)14;1-2-3-7-10-8-5-4-6-9-10/h4-7H,2-3,8H2,1H3,(H,13,14);10H,2-9H2,1H3. The molecule has 0 atom stereocenters. The van der Waals surface area contributed by atoms with Crippen molar-refractivity contribution in [2.75, 3.05) is 6.61 Å². The van der Waals surface area contributed by atoms with Gasteiger partial charge in [-0.2, -0.15) is 0 Å². The van der Waals surface area contributed by atoms with Crippen LogP contribution in [0.2, 0.25) is 0 Å². The lowest BCUT2D eigenvalue weighted by Crippen LogP contribution is -2.12. The monoisotopic (exact) mass is 362 g/mol. The van der Waals surface area contributed by atoms with Crippen LogP contribution in [0, 0.1) is 5.92 Å². The highest BCUT2D eigenvalue weighted by molar-refractivity contribution is 6.02. The van der Waals surface area contributed by atoms with Crippen molar-refractivity contribution in [3.05, 3.63) is 35.4 Å². The predicted octanol–water partition coefficient (Wildman–Crippen LogP) is 6.10. The minimum atomic E-state index is -1.12. The largest absolute Gasteiger partial charge is 0.478 e. The zero-order chi connectivity index (χ0) is 19.2. The average molecular weight is 363 g/mol. The van der Waals surface area contributed by atoms with Gasteiger partial charge in [-0.05, 0) is 24.5 Å². The van der Waals surface area contributed by atoms with Crippen molar-refractivity contribution < 1.29 is 19.4 Å². The van der Waals surface area contributed by atoms with Gasteiger partial charge >= 0.3 is 11.9 Å². The third kappa shape index (κ3) is 8.50. The number of carbonyl (C=O) groups is 2. The summed E-state index contributed by atoms with van der Waals surface area (Å²) in [4.78, 5) is 22.4. The van der Waals surface area contributed by atoms with Crippen molar-refractivity contribution in [1.82, 2.24) is 0 Å². The van der Waals surface area contributed by atoms with Gasteiger partial charge in [0.2, 0.25) is 0 Å². The molecule has 1 aromatic rings. The molecule has 1 fully saturated rings. The highest BCUT2D eigenvalue weighted by atomic mass is 16.5. The summed E-state index contributed by atoms with van der Waals surface area (Å²) < 4.78 is 4.96. The van der Waals surface area contributed by atoms with E-state index in [1.807, 2.05) is 6.92 Å². The maximum atomic E-state index is 11.6. The van der Waals surface area contributed by atoms with Crippen LogP contribution in [0.3, 0.4) is 0 Å².